The van der Waals surface area contributed by atoms with E-state index in [4.69, 9.17) is 9.47 Å². The Hall–Kier alpha value is -3.68. The summed E-state index contributed by atoms with van der Waals surface area (Å²) in [5, 5.41) is 0. The summed E-state index contributed by atoms with van der Waals surface area (Å²) >= 11 is 0. The predicted octanol–water partition coefficient (Wildman–Crippen LogP) is 2.75. The van der Waals surface area contributed by atoms with Gasteiger partial charge in [-0.15, -0.1) is 0 Å². The molecule has 1 aliphatic heterocycles. The third kappa shape index (κ3) is 4.43. The van der Waals surface area contributed by atoms with Crippen molar-refractivity contribution in [1.29, 1.82) is 0 Å². The molecular weight excluding hydrogens is 376 g/mol. The molecule has 2 aromatic rings. The topological polar surface area (TPSA) is 93.2 Å². The normalized spacial score (nSPS) is 13.6. The predicted molar refractivity (Wildman–Crippen MR) is 103 cm³/mol. The molecule has 0 aromatic heterocycles. The van der Waals surface area contributed by atoms with Crippen molar-refractivity contribution in [1.82, 2.24) is 4.90 Å². The number of imide groups is 1. The van der Waals surface area contributed by atoms with Gasteiger partial charge in [-0.1, -0.05) is 17.7 Å². The summed E-state index contributed by atoms with van der Waals surface area (Å²) in [6, 6.07) is 12.4. The van der Waals surface area contributed by atoms with Gasteiger partial charge in [-0.2, -0.15) is 0 Å². The van der Waals surface area contributed by atoms with Gasteiger partial charge in [0.1, 0.15) is 6.54 Å². The second kappa shape index (κ2) is 8.55. The van der Waals surface area contributed by atoms with Crippen LogP contribution in [0, 0.1) is 6.92 Å². The number of benzene rings is 2. The Morgan fingerprint density at radius 2 is 1.66 bits per heavy atom. The lowest BCUT2D eigenvalue weighted by Gasteiger charge is -2.17. The highest BCUT2D eigenvalue weighted by atomic mass is 16.5. The van der Waals surface area contributed by atoms with Crippen LogP contribution in [0.1, 0.15) is 33.2 Å². The van der Waals surface area contributed by atoms with Gasteiger partial charge in [0, 0.05) is 5.69 Å². The van der Waals surface area contributed by atoms with E-state index in [0.717, 1.165) is 10.5 Å². The Balaban J connectivity index is 1.65. The van der Waals surface area contributed by atoms with Gasteiger partial charge in [0.25, 0.3) is 5.91 Å². The molecule has 0 atom stereocenters. The fourth-order valence-corrected chi connectivity index (χ4v) is 2.84. The molecule has 29 heavy (non-hydrogen) atoms. The number of anilines is 1. The van der Waals surface area contributed by atoms with Gasteiger partial charge in [-0.25, -0.2) is 19.3 Å². The molecule has 0 N–H and O–H groups in total. The van der Waals surface area contributed by atoms with Crippen molar-refractivity contribution in [3.63, 3.8) is 0 Å². The largest absolute Gasteiger partial charge is 0.462 e. The van der Waals surface area contributed by atoms with Crippen molar-refractivity contribution in [2.75, 3.05) is 24.8 Å². The van der Waals surface area contributed by atoms with Gasteiger partial charge >= 0.3 is 18.0 Å². The van der Waals surface area contributed by atoms with E-state index < -0.39 is 30.6 Å². The van der Waals surface area contributed by atoms with Crippen LogP contribution in [0.3, 0.4) is 0 Å². The van der Waals surface area contributed by atoms with Crippen molar-refractivity contribution >= 4 is 29.6 Å². The molecule has 0 bridgehead atoms. The SMILES string of the molecule is CCOC(=O)c1ccc(N2CC(=O)N(COC(=O)c3cccc(C)c3)C2=O)cc1. The van der Waals surface area contributed by atoms with Crippen molar-refractivity contribution in [2.24, 2.45) is 0 Å². The first-order valence-corrected chi connectivity index (χ1v) is 9.03. The van der Waals surface area contributed by atoms with Crippen LogP contribution in [0.5, 0.6) is 0 Å². The van der Waals surface area contributed by atoms with Crippen LogP contribution in [0.4, 0.5) is 10.5 Å². The van der Waals surface area contributed by atoms with E-state index in [1.165, 1.54) is 17.0 Å². The fraction of sp³-hybridized carbons (Fsp3) is 0.238. The van der Waals surface area contributed by atoms with Crippen LogP contribution >= 0.6 is 0 Å². The monoisotopic (exact) mass is 396 g/mol. The minimum Gasteiger partial charge on any atom is -0.462 e. The number of urea groups is 1. The van der Waals surface area contributed by atoms with E-state index in [1.807, 2.05) is 13.0 Å². The lowest BCUT2D eigenvalue weighted by atomic mass is 10.1. The maximum absolute atomic E-state index is 12.6. The molecular formula is C21H20N2O6. The minimum atomic E-state index is -0.619. The van der Waals surface area contributed by atoms with Crippen LogP contribution in [-0.4, -0.2) is 48.7 Å². The summed E-state index contributed by atoms with van der Waals surface area (Å²) in [5.41, 5.74) is 2.03. The number of ether oxygens (including phenoxy) is 2. The molecule has 1 fully saturated rings. The van der Waals surface area contributed by atoms with Crippen LogP contribution in [0.25, 0.3) is 0 Å². The maximum atomic E-state index is 12.6. The van der Waals surface area contributed by atoms with Gasteiger partial charge in [-0.3, -0.25) is 9.69 Å². The molecule has 1 heterocycles. The number of aryl methyl sites for hydroxylation is 1. The van der Waals surface area contributed by atoms with Gasteiger partial charge < -0.3 is 9.47 Å². The highest BCUT2D eigenvalue weighted by molar-refractivity contribution is 6.12. The first-order chi connectivity index (χ1) is 13.9. The molecule has 0 aliphatic carbocycles. The smallest absolute Gasteiger partial charge is 0.339 e. The van der Waals surface area contributed by atoms with Gasteiger partial charge in [-0.05, 0) is 50.2 Å². The second-order valence-corrected chi connectivity index (χ2v) is 6.39. The van der Waals surface area contributed by atoms with Gasteiger partial charge in [0.2, 0.25) is 0 Å². The molecule has 0 unspecified atom stereocenters. The molecule has 2 aromatic carbocycles. The van der Waals surface area contributed by atoms with Crippen LogP contribution in [0.2, 0.25) is 0 Å². The number of carbonyl (C=O) groups excluding carboxylic acids is 4. The molecule has 1 aliphatic rings. The molecule has 8 heteroatoms. The first-order valence-electron chi connectivity index (χ1n) is 9.03. The van der Waals surface area contributed by atoms with Crippen molar-refractivity contribution < 1.29 is 28.7 Å². The summed E-state index contributed by atoms with van der Waals surface area (Å²) in [7, 11) is 0. The van der Waals surface area contributed by atoms with Crippen molar-refractivity contribution in [3.05, 3.63) is 65.2 Å². The Bertz CT molecular complexity index is 954. The molecule has 0 saturated carbocycles. The summed E-state index contributed by atoms with van der Waals surface area (Å²) in [6.45, 7) is 3.16. The van der Waals surface area contributed by atoms with Crippen LogP contribution < -0.4 is 4.90 Å². The Labute approximate surface area is 167 Å². The second-order valence-electron chi connectivity index (χ2n) is 6.39. The average Bonchev–Trinajstić information content (AvgIpc) is 3.00. The Kier molecular flexibility index (Phi) is 5.92. The van der Waals surface area contributed by atoms with Gasteiger partial charge in [0.15, 0.2) is 6.73 Å². The standard InChI is InChI=1S/C21H20N2O6/c1-3-28-19(25)15-7-9-17(10-8-15)22-12-18(24)23(21(22)27)13-29-20(26)16-6-4-5-14(2)11-16/h4-11H,3,12-13H2,1-2H3. The Morgan fingerprint density at radius 3 is 2.31 bits per heavy atom. The quantitative estimate of drug-likeness (QED) is 0.551. The van der Waals surface area contributed by atoms with Crippen molar-refractivity contribution in [2.45, 2.75) is 13.8 Å². The summed E-state index contributed by atoms with van der Waals surface area (Å²) in [5.74, 6) is -1.57. The lowest BCUT2D eigenvalue weighted by Crippen LogP contribution is -2.35. The Morgan fingerprint density at radius 1 is 0.966 bits per heavy atom. The zero-order chi connectivity index (χ0) is 21.0. The number of rotatable bonds is 6. The number of esters is 2. The zero-order valence-corrected chi connectivity index (χ0v) is 16.1. The van der Waals surface area contributed by atoms with E-state index in [-0.39, 0.29) is 13.2 Å². The van der Waals surface area contributed by atoms with E-state index in [2.05, 4.69) is 0 Å². The number of hydrogen-bond donors (Lipinski definition) is 0. The summed E-state index contributed by atoms with van der Waals surface area (Å²) in [4.78, 5) is 50.8. The summed E-state index contributed by atoms with van der Waals surface area (Å²) in [6.07, 6.45) is 0. The summed E-state index contributed by atoms with van der Waals surface area (Å²) < 4.78 is 10.0. The van der Waals surface area contributed by atoms with Crippen LogP contribution in [0.15, 0.2) is 48.5 Å². The number of carbonyl (C=O) groups is 4. The third-order valence-corrected chi connectivity index (χ3v) is 4.32. The van der Waals surface area contributed by atoms with Crippen molar-refractivity contribution in [3.8, 4) is 0 Å². The first kappa shape index (κ1) is 20.1. The van der Waals surface area contributed by atoms with E-state index in [9.17, 15) is 19.2 Å². The van der Waals surface area contributed by atoms with E-state index in [1.54, 1.807) is 37.3 Å². The molecule has 1 saturated heterocycles. The highest BCUT2D eigenvalue weighted by Gasteiger charge is 2.37. The molecule has 3 amide bonds. The molecule has 0 radical (unpaired) electrons. The maximum Gasteiger partial charge on any atom is 0.339 e. The lowest BCUT2D eigenvalue weighted by molar-refractivity contribution is -0.127. The minimum absolute atomic E-state index is 0.181. The molecule has 0 spiro atoms. The molecule has 3 rings (SSSR count). The number of amides is 3. The van der Waals surface area contributed by atoms with E-state index >= 15 is 0 Å². The average molecular weight is 396 g/mol. The zero-order valence-electron chi connectivity index (χ0n) is 16.1. The fourth-order valence-electron chi connectivity index (χ4n) is 2.84. The van der Waals surface area contributed by atoms with E-state index in [0.29, 0.717) is 16.8 Å². The molecule has 8 nitrogen and oxygen atoms in total. The molecule has 150 valence electrons. The number of hydrogen-bond acceptors (Lipinski definition) is 6. The van der Waals surface area contributed by atoms with Gasteiger partial charge in [0.05, 0.1) is 17.7 Å². The number of nitrogens with zero attached hydrogens (tertiary/aromatic N) is 2. The highest BCUT2D eigenvalue weighted by Crippen LogP contribution is 2.22. The third-order valence-electron chi connectivity index (χ3n) is 4.32. The van der Waals surface area contributed by atoms with Crippen LogP contribution in [-0.2, 0) is 14.3 Å².